The van der Waals surface area contributed by atoms with Crippen molar-refractivity contribution in [1.82, 2.24) is 4.98 Å². The standard InChI is InChI=1S/C23H27NO4S/c1-6-27-22(26)16-7-9-18(24-13-16)15-8-10-19-17(11-15)23(4,5)12-20(29-19)28-21(25)14(2)3/h7-11,13-14,20H,6,12H2,1-5H3. The summed E-state index contributed by atoms with van der Waals surface area (Å²) in [6.45, 7) is 10.2. The molecule has 0 radical (unpaired) electrons. The van der Waals surface area contributed by atoms with E-state index in [1.807, 2.05) is 26.0 Å². The lowest BCUT2D eigenvalue weighted by molar-refractivity contribution is -0.149. The molecule has 1 aliphatic rings. The number of carbonyl (C=O) groups excluding carboxylic acids is 2. The van der Waals surface area contributed by atoms with Gasteiger partial charge in [-0.3, -0.25) is 9.78 Å². The van der Waals surface area contributed by atoms with Gasteiger partial charge in [-0.2, -0.15) is 0 Å². The van der Waals surface area contributed by atoms with Crippen LogP contribution in [0.15, 0.2) is 41.4 Å². The molecule has 154 valence electrons. The molecule has 0 bridgehead atoms. The number of thioether (sulfide) groups is 1. The van der Waals surface area contributed by atoms with Crippen molar-refractivity contribution in [1.29, 1.82) is 0 Å². The van der Waals surface area contributed by atoms with Gasteiger partial charge < -0.3 is 9.47 Å². The van der Waals surface area contributed by atoms with Gasteiger partial charge in [0, 0.05) is 23.1 Å². The summed E-state index contributed by atoms with van der Waals surface area (Å²) in [7, 11) is 0. The zero-order chi connectivity index (χ0) is 21.2. The summed E-state index contributed by atoms with van der Waals surface area (Å²) in [5.74, 6) is -0.660. The molecule has 0 aliphatic carbocycles. The number of carbonyl (C=O) groups is 2. The van der Waals surface area contributed by atoms with Crippen LogP contribution in [0.2, 0.25) is 0 Å². The lowest BCUT2D eigenvalue weighted by Crippen LogP contribution is -2.31. The first kappa shape index (κ1) is 21.4. The summed E-state index contributed by atoms with van der Waals surface area (Å²) < 4.78 is 10.7. The highest BCUT2D eigenvalue weighted by Crippen LogP contribution is 2.47. The van der Waals surface area contributed by atoms with E-state index in [2.05, 4.69) is 31.0 Å². The third-order valence-electron chi connectivity index (χ3n) is 4.93. The number of hydrogen-bond donors (Lipinski definition) is 0. The molecule has 2 heterocycles. The highest BCUT2D eigenvalue weighted by molar-refractivity contribution is 7.99. The van der Waals surface area contributed by atoms with E-state index in [1.165, 1.54) is 5.56 Å². The van der Waals surface area contributed by atoms with Crippen LogP contribution in [0.3, 0.4) is 0 Å². The van der Waals surface area contributed by atoms with Crippen LogP contribution in [-0.4, -0.2) is 29.0 Å². The smallest absolute Gasteiger partial charge is 0.339 e. The van der Waals surface area contributed by atoms with Gasteiger partial charge in [0.2, 0.25) is 0 Å². The van der Waals surface area contributed by atoms with Crippen molar-refractivity contribution >= 4 is 23.7 Å². The molecule has 1 aromatic carbocycles. The Morgan fingerprint density at radius 2 is 2.00 bits per heavy atom. The molecule has 0 spiro atoms. The second-order valence-electron chi connectivity index (χ2n) is 8.09. The number of nitrogens with zero attached hydrogens (tertiary/aromatic N) is 1. The Morgan fingerprint density at radius 1 is 1.24 bits per heavy atom. The number of esters is 2. The second kappa shape index (κ2) is 8.57. The van der Waals surface area contributed by atoms with Crippen molar-refractivity contribution in [3.05, 3.63) is 47.7 Å². The first-order chi connectivity index (χ1) is 13.7. The fourth-order valence-corrected chi connectivity index (χ4v) is 4.80. The zero-order valence-electron chi connectivity index (χ0n) is 17.5. The number of pyridine rings is 1. The number of ether oxygens (including phenoxy) is 2. The molecule has 0 fully saturated rings. The minimum atomic E-state index is -0.364. The number of benzene rings is 1. The van der Waals surface area contributed by atoms with Gasteiger partial charge in [-0.05, 0) is 42.2 Å². The maximum Gasteiger partial charge on any atom is 0.339 e. The Labute approximate surface area is 176 Å². The predicted molar refractivity (Wildman–Crippen MR) is 114 cm³/mol. The van der Waals surface area contributed by atoms with E-state index < -0.39 is 0 Å². The lowest BCUT2D eigenvalue weighted by Gasteiger charge is -2.37. The summed E-state index contributed by atoms with van der Waals surface area (Å²) in [4.78, 5) is 29.4. The fraction of sp³-hybridized carbons (Fsp3) is 0.435. The zero-order valence-corrected chi connectivity index (χ0v) is 18.3. The minimum absolute atomic E-state index is 0.133. The summed E-state index contributed by atoms with van der Waals surface area (Å²) in [5, 5.41) is 0. The van der Waals surface area contributed by atoms with Crippen LogP contribution < -0.4 is 0 Å². The van der Waals surface area contributed by atoms with Crippen LogP contribution in [0.5, 0.6) is 0 Å². The normalized spacial score (nSPS) is 17.5. The van der Waals surface area contributed by atoms with Gasteiger partial charge in [0.1, 0.15) is 0 Å². The molecule has 0 saturated carbocycles. The molecule has 5 nitrogen and oxygen atoms in total. The molecule has 2 aromatic rings. The molecule has 1 unspecified atom stereocenters. The number of fused-ring (bicyclic) bond motifs is 1. The van der Waals surface area contributed by atoms with Crippen molar-refractivity contribution in [2.45, 2.75) is 56.8 Å². The number of hydrogen-bond acceptors (Lipinski definition) is 6. The third-order valence-corrected chi connectivity index (χ3v) is 6.07. The Bertz CT molecular complexity index is 906. The number of aromatic nitrogens is 1. The molecular weight excluding hydrogens is 386 g/mol. The summed E-state index contributed by atoms with van der Waals surface area (Å²) in [5.41, 5.74) is 3.14. The maximum absolute atomic E-state index is 12.0. The average molecular weight is 414 g/mol. The monoisotopic (exact) mass is 413 g/mol. The van der Waals surface area contributed by atoms with Gasteiger partial charge in [0.15, 0.2) is 5.44 Å². The van der Waals surface area contributed by atoms with Gasteiger partial charge >= 0.3 is 11.9 Å². The second-order valence-corrected chi connectivity index (χ2v) is 9.29. The first-order valence-corrected chi connectivity index (χ1v) is 10.7. The van der Waals surface area contributed by atoms with Gasteiger partial charge in [0.25, 0.3) is 0 Å². The summed E-state index contributed by atoms with van der Waals surface area (Å²) >= 11 is 1.60. The van der Waals surface area contributed by atoms with Crippen LogP contribution in [-0.2, 0) is 19.7 Å². The molecule has 1 aromatic heterocycles. The number of rotatable bonds is 5. The van der Waals surface area contributed by atoms with E-state index in [4.69, 9.17) is 9.47 Å². The van der Waals surface area contributed by atoms with E-state index in [0.717, 1.165) is 22.6 Å². The Morgan fingerprint density at radius 3 is 2.62 bits per heavy atom. The Kier molecular flexibility index (Phi) is 6.32. The third kappa shape index (κ3) is 4.81. The summed E-state index contributed by atoms with van der Waals surface area (Å²) in [6.07, 6.45) is 2.30. The van der Waals surface area contributed by atoms with E-state index in [9.17, 15) is 9.59 Å². The van der Waals surface area contributed by atoms with Gasteiger partial charge in [-0.15, -0.1) is 0 Å². The Balaban J connectivity index is 1.84. The van der Waals surface area contributed by atoms with Crippen LogP contribution >= 0.6 is 11.8 Å². The molecule has 1 atom stereocenters. The minimum Gasteiger partial charge on any atom is -0.462 e. The molecule has 6 heteroatoms. The van der Waals surface area contributed by atoms with Crippen molar-refractivity contribution < 1.29 is 19.1 Å². The lowest BCUT2D eigenvalue weighted by atomic mass is 9.80. The largest absolute Gasteiger partial charge is 0.462 e. The first-order valence-electron chi connectivity index (χ1n) is 9.86. The molecular formula is C23H27NO4S. The van der Waals surface area contributed by atoms with E-state index >= 15 is 0 Å². The van der Waals surface area contributed by atoms with E-state index in [1.54, 1.807) is 30.9 Å². The van der Waals surface area contributed by atoms with Crippen molar-refractivity contribution in [3.8, 4) is 11.3 Å². The Hall–Kier alpha value is -2.34. The van der Waals surface area contributed by atoms with Gasteiger partial charge in [0.05, 0.1) is 23.8 Å². The SMILES string of the molecule is CCOC(=O)c1ccc(-c2ccc3c(c2)C(C)(C)CC(OC(=O)C(C)C)S3)nc1. The van der Waals surface area contributed by atoms with Crippen LogP contribution in [0.1, 0.15) is 57.0 Å². The van der Waals surface area contributed by atoms with Crippen LogP contribution in [0, 0.1) is 5.92 Å². The maximum atomic E-state index is 12.0. The molecule has 0 amide bonds. The molecule has 0 N–H and O–H groups in total. The fourth-order valence-electron chi connectivity index (χ4n) is 3.26. The quantitative estimate of drug-likeness (QED) is 0.626. The van der Waals surface area contributed by atoms with Crippen LogP contribution in [0.4, 0.5) is 0 Å². The van der Waals surface area contributed by atoms with Gasteiger partial charge in [-0.1, -0.05) is 45.5 Å². The molecule has 0 saturated heterocycles. The average Bonchev–Trinajstić information content (AvgIpc) is 2.67. The predicted octanol–water partition coefficient (Wildman–Crippen LogP) is 5.22. The van der Waals surface area contributed by atoms with Crippen LogP contribution in [0.25, 0.3) is 11.3 Å². The van der Waals surface area contributed by atoms with E-state index in [-0.39, 0.29) is 28.7 Å². The summed E-state index contributed by atoms with van der Waals surface area (Å²) in [6, 6.07) is 9.80. The molecule has 1 aliphatic heterocycles. The highest BCUT2D eigenvalue weighted by atomic mass is 32.2. The van der Waals surface area contributed by atoms with E-state index in [0.29, 0.717) is 12.2 Å². The van der Waals surface area contributed by atoms with Crippen molar-refractivity contribution in [3.63, 3.8) is 0 Å². The highest BCUT2D eigenvalue weighted by Gasteiger charge is 2.36. The molecule has 29 heavy (non-hydrogen) atoms. The van der Waals surface area contributed by atoms with Gasteiger partial charge in [-0.25, -0.2) is 4.79 Å². The molecule has 3 rings (SSSR count). The topological polar surface area (TPSA) is 65.5 Å². The van der Waals surface area contributed by atoms with Crippen molar-refractivity contribution in [2.24, 2.45) is 5.92 Å². The van der Waals surface area contributed by atoms with Crippen molar-refractivity contribution in [2.75, 3.05) is 6.61 Å².